The molecule has 1 saturated heterocycles. The number of nitrogens with zero attached hydrogens (tertiary/aromatic N) is 5. The molecule has 2 rings (SSSR count). The molecule has 1 amide bonds. The van der Waals surface area contributed by atoms with Gasteiger partial charge < -0.3 is 24.8 Å². The summed E-state index contributed by atoms with van der Waals surface area (Å²) >= 11 is 0. The normalized spacial score (nSPS) is 14.8. The highest BCUT2D eigenvalue weighted by Gasteiger charge is 2.23. The van der Waals surface area contributed by atoms with Crippen molar-refractivity contribution in [3.8, 4) is 0 Å². The zero-order chi connectivity index (χ0) is 17.4. The quantitative estimate of drug-likeness (QED) is 0.748. The van der Waals surface area contributed by atoms with E-state index in [-0.39, 0.29) is 6.09 Å². The van der Waals surface area contributed by atoms with E-state index >= 15 is 0 Å². The van der Waals surface area contributed by atoms with E-state index in [1.807, 2.05) is 13.0 Å². The van der Waals surface area contributed by atoms with Gasteiger partial charge in [0.05, 0.1) is 6.61 Å². The number of nitrogens with one attached hydrogen (secondary N) is 1. The molecule has 1 aromatic rings. The zero-order valence-corrected chi connectivity index (χ0v) is 14.9. The highest BCUT2D eigenvalue weighted by molar-refractivity contribution is 5.68. The molecule has 1 aromatic heterocycles. The summed E-state index contributed by atoms with van der Waals surface area (Å²) in [6.07, 6.45) is 2.59. The predicted molar refractivity (Wildman–Crippen MR) is 94.5 cm³/mol. The smallest absolute Gasteiger partial charge is 0.409 e. The number of piperazine rings is 1. The van der Waals surface area contributed by atoms with Crippen LogP contribution < -0.4 is 10.2 Å². The Morgan fingerprint density at radius 1 is 1.33 bits per heavy atom. The molecule has 0 saturated carbocycles. The monoisotopic (exact) mass is 336 g/mol. The Morgan fingerprint density at radius 3 is 2.75 bits per heavy atom. The van der Waals surface area contributed by atoms with Gasteiger partial charge >= 0.3 is 6.09 Å². The van der Waals surface area contributed by atoms with Gasteiger partial charge in [-0.25, -0.2) is 9.78 Å². The maximum Gasteiger partial charge on any atom is 0.409 e. The van der Waals surface area contributed by atoms with Crippen molar-refractivity contribution in [3.05, 3.63) is 12.3 Å². The molecule has 8 heteroatoms. The maximum absolute atomic E-state index is 11.7. The van der Waals surface area contributed by atoms with Crippen LogP contribution in [0.15, 0.2) is 12.3 Å². The standard InChI is InChI=1S/C16H28N6O2/c1-4-24-16(23)22-12-10-21(11-13-22)15-18-8-6-14(19-15)17-7-5-9-20(2)3/h6,8H,4-5,7,9-13H2,1-3H3,(H,17,18,19). The number of hydrogen-bond acceptors (Lipinski definition) is 7. The molecule has 8 nitrogen and oxygen atoms in total. The minimum atomic E-state index is -0.241. The van der Waals surface area contributed by atoms with E-state index in [0.717, 1.165) is 25.3 Å². The van der Waals surface area contributed by atoms with Crippen LogP contribution in [0.25, 0.3) is 0 Å². The summed E-state index contributed by atoms with van der Waals surface area (Å²) in [5.74, 6) is 1.54. The van der Waals surface area contributed by atoms with E-state index in [9.17, 15) is 4.79 Å². The van der Waals surface area contributed by atoms with Crippen LogP contribution in [0, 0.1) is 0 Å². The van der Waals surface area contributed by atoms with Gasteiger partial charge in [-0.1, -0.05) is 0 Å². The van der Waals surface area contributed by atoms with Gasteiger partial charge in [-0.05, 0) is 40.1 Å². The molecule has 0 atom stereocenters. The Kier molecular flexibility index (Phi) is 7.05. The number of rotatable bonds is 7. The van der Waals surface area contributed by atoms with E-state index in [2.05, 4.69) is 39.2 Å². The van der Waals surface area contributed by atoms with Crippen LogP contribution in [-0.2, 0) is 4.74 Å². The first-order chi connectivity index (χ1) is 11.6. The molecule has 134 valence electrons. The molecule has 0 radical (unpaired) electrons. The van der Waals surface area contributed by atoms with Crippen molar-refractivity contribution in [2.45, 2.75) is 13.3 Å². The Bertz CT molecular complexity index is 517. The minimum Gasteiger partial charge on any atom is -0.450 e. The van der Waals surface area contributed by atoms with Crippen molar-refractivity contribution in [2.75, 3.05) is 70.2 Å². The summed E-state index contributed by atoms with van der Waals surface area (Å²) in [5, 5.41) is 3.33. The van der Waals surface area contributed by atoms with Gasteiger partial charge in [-0.3, -0.25) is 0 Å². The van der Waals surface area contributed by atoms with Gasteiger partial charge in [0.1, 0.15) is 5.82 Å². The third-order valence-electron chi connectivity index (χ3n) is 3.82. The van der Waals surface area contributed by atoms with Gasteiger partial charge in [-0.2, -0.15) is 4.98 Å². The van der Waals surface area contributed by atoms with Crippen LogP contribution in [0.4, 0.5) is 16.6 Å². The van der Waals surface area contributed by atoms with E-state index in [0.29, 0.717) is 38.7 Å². The topological polar surface area (TPSA) is 73.8 Å². The molecule has 0 unspecified atom stereocenters. The summed E-state index contributed by atoms with van der Waals surface area (Å²) in [7, 11) is 4.14. The Balaban J connectivity index is 1.82. The first-order valence-electron chi connectivity index (χ1n) is 8.48. The molecule has 0 spiro atoms. The number of ether oxygens (including phenoxy) is 1. The molecule has 1 N–H and O–H groups in total. The lowest BCUT2D eigenvalue weighted by molar-refractivity contribution is 0.105. The first kappa shape index (κ1) is 18.3. The summed E-state index contributed by atoms with van der Waals surface area (Å²) in [6.45, 7) is 6.83. The summed E-state index contributed by atoms with van der Waals surface area (Å²) in [6, 6.07) is 1.88. The van der Waals surface area contributed by atoms with E-state index in [1.54, 1.807) is 11.1 Å². The Labute approximate surface area is 143 Å². The van der Waals surface area contributed by atoms with E-state index < -0.39 is 0 Å². The molecule has 0 aromatic carbocycles. The van der Waals surface area contributed by atoms with Crippen molar-refractivity contribution in [1.29, 1.82) is 0 Å². The number of carbonyl (C=O) groups is 1. The number of amides is 1. The number of hydrogen-bond donors (Lipinski definition) is 1. The van der Waals surface area contributed by atoms with Crippen molar-refractivity contribution < 1.29 is 9.53 Å². The summed E-state index contributed by atoms with van der Waals surface area (Å²) < 4.78 is 5.04. The fourth-order valence-corrected chi connectivity index (χ4v) is 2.51. The highest BCUT2D eigenvalue weighted by atomic mass is 16.6. The van der Waals surface area contributed by atoms with Gasteiger partial charge in [0, 0.05) is 38.9 Å². The average Bonchev–Trinajstić information content (AvgIpc) is 2.59. The Morgan fingerprint density at radius 2 is 2.08 bits per heavy atom. The molecule has 0 aliphatic carbocycles. The van der Waals surface area contributed by atoms with Crippen molar-refractivity contribution in [2.24, 2.45) is 0 Å². The number of carbonyl (C=O) groups excluding carboxylic acids is 1. The predicted octanol–water partition coefficient (Wildman–Crippen LogP) is 1.12. The van der Waals surface area contributed by atoms with Crippen LogP contribution in [0.5, 0.6) is 0 Å². The van der Waals surface area contributed by atoms with Crippen molar-refractivity contribution >= 4 is 17.9 Å². The van der Waals surface area contributed by atoms with Crippen molar-refractivity contribution in [1.82, 2.24) is 19.8 Å². The van der Waals surface area contributed by atoms with Gasteiger partial charge in [0.15, 0.2) is 0 Å². The summed E-state index contributed by atoms with van der Waals surface area (Å²) in [4.78, 5) is 26.6. The second-order valence-corrected chi connectivity index (χ2v) is 6.00. The third kappa shape index (κ3) is 5.52. The van der Waals surface area contributed by atoms with Gasteiger partial charge in [-0.15, -0.1) is 0 Å². The maximum atomic E-state index is 11.7. The zero-order valence-electron chi connectivity index (χ0n) is 14.9. The van der Waals surface area contributed by atoms with Gasteiger partial charge in [0.2, 0.25) is 5.95 Å². The molecule has 1 aliphatic rings. The molecule has 2 heterocycles. The molecule has 24 heavy (non-hydrogen) atoms. The lowest BCUT2D eigenvalue weighted by Crippen LogP contribution is -2.49. The van der Waals surface area contributed by atoms with Crippen LogP contribution in [0.1, 0.15) is 13.3 Å². The van der Waals surface area contributed by atoms with Crippen molar-refractivity contribution in [3.63, 3.8) is 0 Å². The molecule has 0 bridgehead atoms. The average molecular weight is 336 g/mol. The lowest BCUT2D eigenvalue weighted by Gasteiger charge is -2.34. The summed E-state index contributed by atoms with van der Waals surface area (Å²) in [5.41, 5.74) is 0. The van der Waals surface area contributed by atoms with Crippen LogP contribution >= 0.6 is 0 Å². The van der Waals surface area contributed by atoms with Gasteiger partial charge in [0.25, 0.3) is 0 Å². The molecular formula is C16H28N6O2. The Hall–Kier alpha value is -2.09. The van der Waals surface area contributed by atoms with Crippen LogP contribution in [-0.4, -0.2) is 85.8 Å². The fourth-order valence-electron chi connectivity index (χ4n) is 2.51. The molecular weight excluding hydrogens is 308 g/mol. The molecule has 1 fully saturated rings. The van der Waals surface area contributed by atoms with E-state index in [4.69, 9.17) is 4.74 Å². The first-order valence-corrected chi connectivity index (χ1v) is 8.48. The van der Waals surface area contributed by atoms with E-state index in [1.165, 1.54) is 0 Å². The third-order valence-corrected chi connectivity index (χ3v) is 3.82. The number of aromatic nitrogens is 2. The lowest BCUT2D eigenvalue weighted by atomic mass is 10.3. The van der Waals surface area contributed by atoms with Crippen LogP contribution in [0.2, 0.25) is 0 Å². The number of anilines is 2. The van der Waals surface area contributed by atoms with Crippen LogP contribution in [0.3, 0.4) is 0 Å². The molecule has 1 aliphatic heterocycles. The fraction of sp³-hybridized carbons (Fsp3) is 0.688. The minimum absolute atomic E-state index is 0.241. The second kappa shape index (κ2) is 9.27. The highest BCUT2D eigenvalue weighted by Crippen LogP contribution is 2.14. The largest absolute Gasteiger partial charge is 0.450 e. The second-order valence-electron chi connectivity index (χ2n) is 6.00. The SMILES string of the molecule is CCOC(=O)N1CCN(c2nccc(NCCCN(C)C)n2)CC1.